The Labute approximate surface area is 319 Å². The zero-order chi connectivity index (χ0) is 41.3. The van der Waals surface area contributed by atoms with Crippen LogP contribution in [0.1, 0.15) is 22.3 Å². The van der Waals surface area contributed by atoms with Crippen LogP contribution < -0.4 is 31.8 Å². The number of hydrogen-bond acceptors (Lipinski definition) is 3. The van der Waals surface area contributed by atoms with Crippen molar-refractivity contribution < 1.29 is 61.8 Å². The van der Waals surface area contributed by atoms with Gasteiger partial charge in [0.05, 0.1) is 22.3 Å². The first-order valence-electron chi connectivity index (χ1n) is 16.4. The molecule has 0 unspecified atom stereocenters. The summed E-state index contributed by atoms with van der Waals surface area (Å²) in [5.74, 6) is 0. The fraction of sp³-hybridized carbons (Fsp3) is 0.100. The summed E-state index contributed by atoms with van der Waals surface area (Å²) < 4.78 is 192. The van der Waals surface area contributed by atoms with Crippen molar-refractivity contribution >= 4 is 77.6 Å². The highest BCUT2D eigenvalue weighted by Crippen LogP contribution is 2.48. The molecular formula is C40H22F12O2P2S. The van der Waals surface area contributed by atoms with Crippen molar-refractivity contribution in [3.05, 3.63) is 156 Å². The Morgan fingerprint density at radius 3 is 0.737 bits per heavy atom. The molecule has 0 aliphatic carbocycles. The fourth-order valence-electron chi connectivity index (χ4n) is 6.48. The van der Waals surface area contributed by atoms with Crippen molar-refractivity contribution in [3.8, 4) is 0 Å². The van der Waals surface area contributed by atoms with Gasteiger partial charge in [-0.25, -0.2) is 0 Å². The van der Waals surface area contributed by atoms with Gasteiger partial charge < -0.3 is 9.13 Å². The Bertz CT molecular complexity index is 2400. The van der Waals surface area contributed by atoms with Crippen LogP contribution in [0.25, 0.3) is 20.2 Å². The summed E-state index contributed by atoms with van der Waals surface area (Å²) in [5, 5.41) is 0.909. The highest BCUT2D eigenvalue weighted by molar-refractivity contribution is 7.85. The van der Waals surface area contributed by atoms with Crippen LogP contribution in [-0.4, -0.2) is 0 Å². The summed E-state index contributed by atoms with van der Waals surface area (Å²) in [6.07, 6.45) is -18.9. The van der Waals surface area contributed by atoms with E-state index in [1.807, 2.05) is 0 Å². The van der Waals surface area contributed by atoms with Crippen LogP contribution in [0.15, 0.2) is 133 Å². The Balaban J connectivity index is 1.38. The first-order valence-corrected chi connectivity index (χ1v) is 20.6. The highest BCUT2D eigenvalue weighted by Gasteiger charge is 2.38. The first-order chi connectivity index (χ1) is 26.5. The number of benzene rings is 6. The van der Waals surface area contributed by atoms with Crippen LogP contribution in [0.2, 0.25) is 0 Å². The minimum Gasteiger partial charge on any atom is -0.309 e. The molecule has 7 rings (SSSR count). The van der Waals surface area contributed by atoms with E-state index in [0.29, 0.717) is 20.2 Å². The van der Waals surface area contributed by atoms with Gasteiger partial charge in [-0.05, 0) is 60.7 Å². The molecule has 0 saturated carbocycles. The van der Waals surface area contributed by atoms with Crippen molar-refractivity contribution in [3.63, 3.8) is 0 Å². The van der Waals surface area contributed by atoms with Gasteiger partial charge in [0.25, 0.3) is 0 Å². The third kappa shape index (κ3) is 7.41. The summed E-state index contributed by atoms with van der Waals surface area (Å²) in [7, 11) is -8.30. The van der Waals surface area contributed by atoms with Gasteiger partial charge >= 0.3 is 24.7 Å². The van der Waals surface area contributed by atoms with Crippen molar-refractivity contribution in [2.24, 2.45) is 0 Å². The zero-order valence-corrected chi connectivity index (χ0v) is 31.0. The Hall–Kier alpha value is -4.84. The molecule has 57 heavy (non-hydrogen) atoms. The van der Waals surface area contributed by atoms with Crippen molar-refractivity contribution in [1.82, 2.24) is 0 Å². The third-order valence-corrected chi connectivity index (χ3v) is 16.6. The molecule has 0 aliphatic heterocycles. The number of hydrogen-bond donors (Lipinski definition) is 0. The Morgan fingerprint density at radius 1 is 0.316 bits per heavy atom. The largest absolute Gasteiger partial charge is 0.416 e. The molecule has 0 aliphatic rings. The lowest BCUT2D eigenvalue weighted by molar-refractivity contribution is -0.138. The Kier molecular flexibility index (Phi) is 9.86. The predicted octanol–water partition coefficient (Wildman–Crippen LogP) is 11.4. The monoisotopic (exact) mass is 856 g/mol. The third-order valence-electron chi connectivity index (χ3n) is 9.40. The van der Waals surface area contributed by atoms with E-state index in [4.69, 9.17) is 0 Å². The summed E-state index contributed by atoms with van der Waals surface area (Å²) in [6.45, 7) is 0. The molecule has 0 radical (unpaired) electrons. The maximum absolute atomic E-state index is 15.1. The fourth-order valence-corrected chi connectivity index (χ4v) is 13.1. The summed E-state index contributed by atoms with van der Waals surface area (Å²) >= 11 is 1.09. The lowest BCUT2D eigenvalue weighted by atomic mass is 10.1. The van der Waals surface area contributed by atoms with E-state index < -0.39 is 61.2 Å². The van der Waals surface area contributed by atoms with Gasteiger partial charge in [-0.3, -0.25) is 0 Å². The van der Waals surface area contributed by atoms with Gasteiger partial charge in [0.2, 0.25) is 0 Å². The van der Waals surface area contributed by atoms with E-state index in [1.54, 1.807) is 12.1 Å². The first kappa shape index (κ1) is 40.4. The molecule has 0 atom stereocenters. The van der Waals surface area contributed by atoms with Crippen LogP contribution in [0.3, 0.4) is 0 Å². The molecule has 7 aromatic rings. The molecule has 1 heterocycles. The number of thiophene rings is 1. The second-order valence-electron chi connectivity index (χ2n) is 12.9. The van der Waals surface area contributed by atoms with Gasteiger partial charge in [0, 0.05) is 52.0 Å². The second-order valence-corrected chi connectivity index (χ2v) is 19.5. The van der Waals surface area contributed by atoms with Gasteiger partial charge in [-0.2, -0.15) is 52.7 Å². The predicted molar refractivity (Wildman–Crippen MR) is 198 cm³/mol. The summed E-state index contributed by atoms with van der Waals surface area (Å²) in [5.41, 5.74) is -4.14. The molecule has 0 fully saturated rings. The van der Waals surface area contributed by atoms with Crippen LogP contribution >= 0.6 is 25.6 Å². The maximum atomic E-state index is 15.1. The van der Waals surface area contributed by atoms with Crippen molar-refractivity contribution in [2.45, 2.75) is 24.7 Å². The van der Waals surface area contributed by atoms with Crippen LogP contribution in [-0.2, 0) is 33.8 Å². The number of fused-ring (bicyclic) bond motifs is 3. The molecule has 0 saturated heterocycles. The lowest BCUT2D eigenvalue weighted by Crippen LogP contribution is -2.26. The van der Waals surface area contributed by atoms with E-state index in [9.17, 15) is 52.7 Å². The smallest absolute Gasteiger partial charge is 0.309 e. The molecule has 0 bridgehead atoms. The van der Waals surface area contributed by atoms with E-state index in [2.05, 4.69) is 0 Å². The highest BCUT2D eigenvalue weighted by atomic mass is 32.1. The van der Waals surface area contributed by atoms with Gasteiger partial charge in [-0.15, -0.1) is 11.3 Å². The molecular weight excluding hydrogens is 834 g/mol. The number of alkyl halides is 12. The van der Waals surface area contributed by atoms with Gasteiger partial charge in [0.1, 0.15) is 0 Å². The van der Waals surface area contributed by atoms with Gasteiger partial charge in [0.15, 0.2) is 14.3 Å². The molecule has 0 N–H and O–H groups in total. The Morgan fingerprint density at radius 2 is 0.526 bits per heavy atom. The van der Waals surface area contributed by atoms with Crippen LogP contribution in [0.5, 0.6) is 0 Å². The van der Waals surface area contributed by atoms with Crippen molar-refractivity contribution in [2.75, 3.05) is 0 Å². The van der Waals surface area contributed by atoms with Crippen LogP contribution in [0, 0.1) is 0 Å². The van der Waals surface area contributed by atoms with E-state index in [1.165, 1.54) is 24.3 Å². The minimum atomic E-state index is -4.73. The van der Waals surface area contributed by atoms with Crippen molar-refractivity contribution in [1.29, 1.82) is 0 Å². The zero-order valence-electron chi connectivity index (χ0n) is 28.4. The average Bonchev–Trinajstić information content (AvgIpc) is 3.53. The molecule has 17 heteroatoms. The molecule has 1 aromatic heterocycles. The second kappa shape index (κ2) is 13.9. The summed E-state index contributed by atoms with van der Waals surface area (Å²) in [4.78, 5) is 0. The summed E-state index contributed by atoms with van der Waals surface area (Å²) in [6, 6.07) is 22.8. The molecule has 6 aromatic carbocycles. The topological polar surface area (TPSA) is 34.1 Å². The standard InChI is InChI=1S/C40H22F12O2P2S/c41-37(42,43)23-1-9-27(10-2-23)55(53,28-11-3-24(4-12-28)38(44,45)46)31-17-19-33-34-20-18-32(22-36(34)57-35(33)21-31)56(54,29-13-5-25(6-14-29)39(47,48)49)30-15-7-26(8-16-30)40(50,51)52/h1-22H. The number of rotatable bonds is 6. The lowest BCUT2D eigenvalue weighted by Gasteiger charge is -2.21. The van der Waals surface area contributed by atoms with Crippen LogP contribution in [0.4, 0.5) is 52.7 Å². The maximum Gasteiger partial charge on any atom is 0.416 e. The van der Waals surface area contributed by atoms with E-state index in [-0.39, 0.29) is 31.8 Å². The normalized spacial score (nSPS) is 13.4. The molecule has 0 spiro atoms. The van der Waals surface area contributed by atoms with E-state index >= 15 is 9.13 Å². The quantitative estimate of drug-likeness (QED) is 0.123. The molecule has 2 nitrogen and oxygen atoms in total. The van der Waals surface area contributed by atoms with E-state index in [0.717, 1.165) is 108 Å². The SMILES string of the molecule is O=P(c1ccc(C(F)(F)F)cc1)(c1ccc(C(F)(F)F)cc1)c1ccc2c(c1)sc1cc(P(=O)(c3ccc(C(F)(F)F)cc3)c3ccc(C(F)(F)F)cc3)ccc12. The van der Waals surface area contributed by atoms with Gasteiger partial charge in [-0.1, -0.05) is 72.8 Å². The minimum absolute atomic E-state index is 0.0708. The molecule has 294 valence electrons. The number of halogens is 12. The average molecular weight is 857 g/mol. The molecule has 0 amide bonds.